The van der Waals surface area contributed by atoms with Gasteiger partial charge in [-0.15, -0.1) is 12.4 Å². The first-order valence-corrected chi connectivity index (χ1v) is 8.02. The van der Waals surface area contributed by atoms with Crippen molar-refractivity contribution in [2.75, 3.05) is 26.7 Å². The van der Waals surface area contributed by atoms with Gasteiger partial charge in [-0.2, -0.15) is 18.2 Å². The fourth-order valence-corrected chi connectivity index (χ4v) is 2.73. The van der Waals surface area contributed by atoms with Gasteiger partial charge in [-0.1, -0.05) is 16.8 Å². The Hall–Kier alpha value is -1.61. The van der Waals surface area contributed by atoms with E-state index in [-0.39, 0.29) is 34.9 Å². The molecule has 0 saturated carbocycles. The van der Waals surface area contributed by atoms with E-state index in [0.717, 1.165) is 25.2 Å². The van der Waals surface area contributed by atoms with Gasteiger partial charge in [-0.3, -0.25) is 4.90 Å². The molecule has 1 atom stereocenters. The molecule has 1 unspecified atom stereocenters. The Morgan fingerprint density at radius 1 is 1.35 bits per heavy atom. The molecule has 0 amide bonds. The zero-order valence-corrected chi connectivity index (χ0v) is 15.3. The predicted molar refractivity (Wildman–Crippen MR) is 95.2 cm³/mol. The Kier molecular flexibility index (Phi) is 6.68. The van der Waals surface area contributed by atoms with Crippen molar-refractivity contribution in [3.8, 4) is 0 Å². The molecule has 5 nitrogen and oxygen atoms in total. The fraction of sp³-hybridized carbons (Fsp3) is 0.375. The van der Waals surface area contributed by atoms with Crippen molar-refractivity contribution in [3.63, 3.8) is 0 Å². The first-order valence-electron chi connectivity index (χ1n) is 7.64. The average Bonchev–Trinajstić information content (AvgIpc) is 3.02. The highest BCUT2D eigenvalue weighted by molar-refractivity contribution is 6.32. The number of hydrogen-bond donors (Lipinski definition) is 1. The van der Waals surface area contributed by atoms with Crippen LogP contribution in [-0.4, -0.2) is 41.7 Å². The van der Waals surface area contributed by atoms with Gasteiger partial charge < -0.3 is 9.84 Å². The highest BCUT2D eigenvalue weighted by Gasteiger charge is 2.30. The molecule has 0 bridgehead atoms. The lowest BCUT2D eigenvalue weighted by atomic mass is 10.1. The number of aromatic nitrogens is 2. The zero-order chi connectivity index (χ0) is 18.0. The summed E-state index contributed by atoms with van der Waals surface area (Å²) in [6, 6.07) is 3.13. The van der Waals surface area contributed by atoms with Crippen LogP contribution in [0.25, 0.3) is 12.2 Å². The van der Waals surface area contributed by atoms with E-state index in [1.54, 1.807) is 0 Å². The Bertz CT molecular complexity index is 779. The summed E-state index contributed by atoms with van der Waals surface area (Å²) in [7, 11) is 1.97. The number of benzene rings is 1. The van der Waals surface area contributed by atoms with Crippen LogP contribution in [-0.2, 0) is 6.18 Å². The average molecular weight is 409 g/mol. The molecule has 1 saturated heterocycles. The maximum Gasteiger partial charge on any atom is 0.416 e. The van der Waals surface area contributed by atoms with Crippen LogP contribution >= 0.6 is 24.0 Å². The van der Waals surface area contributed by atoms with Gasteiger partial charge in [0, 0.05) is 30.7 Å². The molecule has 2 aromatic rings. The van der Waals surface area contributed by atoms with Gasteiger partial charge in [0.2, 0.25) is 0 Å². The largest absolute Gasteiger partial charge is 0.416 e. The Morgan fingerprint density at radius 2 is 2.12 bits per heavy atom. The standard InChI is InChI=1S/C16H16ClF3N4O.ClH/c1-24-7-6-21-9-13(24)15-22-14(25-23-15)5-2-10-8-11(16(18,19)20)3-4-12(10)17;/h2-5,8,13,21H,6-7,9H2,1H3;1H/b5-2+;. The molecule has 26 heavy (non-hydrogen) atoms. The van der Waals surface area contributed by atoms with Crippen molar-refractivity contribution >= 4 is 36.2 Å². The molecule has 1 aromatic heterocycles. The highest BCUT2D eigenvalue weighted by Crippen LogP contribution is 2.32. The second-order valence-electron chi connectivity index (χ2n) is 5.76. The summed E-state index contributed by atoms with van der Waals surface area (Å²) in [6.07, 6.45) is -1.55. The lowest BCUT2D eigenvalue weighted by molar-refractivity contribution is -0.137. The van der Waals surface area contributed by atoms with Crippen LogP contribution in [0.4, 0.5) is 13.2 Å². The highest BCUT2D eigenvalue weighted by atomic mass is 35.5. The van der Waals surface area contributed by atoms with Gasteiger partial charge in [-0.25, -0.2) is 0 Å². The molecular formula is C16H17Cl2F3N4O. The molecule has 1 N–H and O–H groups in total. The van der Waals surface area contributed by atoms with Crippen molar-refractivity contribution in [1.82, 2.24) is 20.4 Å². The molecular weight excluding hydrogens is 392 g/mol. The summed E-state index contributed by atoms with van der Waals surface area (Å²) in [4.78, 5) is 6.40. The summed E-state index contributed by atoms with van der Waals surface area (Å²) < 4.78 is 43.5. The summed E-state index contributed by atoms with van der Waals surface area (Å²) >= 11 is 5.96. The van der Waals surface area contributed by atoms with E-state index in [4.69, 9.17) is 16.1 Å². The Labute approximate surface area is 159 Å². The van der Waals surface area contributed by atoms with Crippen LogP contribution in [0, 0.1) is 0 Å². The molecule has 0 aliphatic carbocycles. The van der Waals surface area contributed by atoms with Gasteiger partial charge >= 0.3 is 6.18 Å². The number of nitrogens with one attached hydrogen (secondary N) is 1. The minimum atomic E-state index is -4.43. The summed E-state index contributed by atoms with van der Waals surface area (Å²) in [6.45, 7) is 2.47. The van der Waals surface area contributed by atoms with Gasteiger partial charge in [0.1, 0.15) is 0 Å². The number of nitrogens with zero attached hydrogens (tertiary/aromatic N) is 3. The molecule has 1 aliphatic heterocycles. The first-order chi connectivity index (χ1) is 11.8. The van der Waals surface area contributed by atoms with E-state index >= 15 is 0 Å². The number of likely N-dealkylation sites (N-methyl/N-ethyl adjacent to an activating group) is 1. The predicted octanol–water partition coefficient (Wildman–Crippen LogP) is 3.91. The number of alkyl halides is 3. The quantitative estimate of drug-likeness (QED) is 0.833. The van der Waals surface area contributed by atoms with Crippen LogP contribution in [0.3, 0.4) is 0 Å². The lowest BCUT2D eigenvalue weighted by Gasteiger charge is -2.30. The van der Waals surface area contributed by atoms with Gasteiger partial charge in [0.05, 0.1) is 11.6 Å². The van der Waals surface area contributed by atoms with Crippen molar-refractivity contribution in [3.05, 3.63) is 46.1 Å². The molecule has 1 aliphatic rings. The number of halogens is 5. The van der Waals surface area contributed by atoms with E-state index in [9.17, 15) is 13.2 Å². The monoisotopic (exact) mass is 408 g/mol. The van der Waals surface area contributed by atoms with Gasteiger partial charge in [-0.05, 0) is 36.9 Å². The SMILES string of the molecule is CN1CCNCC1c1noc(/C=C/c2cc(C(F)(F)F)ccc2Cl)n1.Cl. The Morgan fingerprint density at radius 3 is 2.81 bits per heavy atom. The van der Waals surface area contributed by atoms with E-state index in [1.807, 2.05) is 7.05 Å². The molecule has 1 aromatic carbocycles. The smallest absolute Gasteiger partial charge is 0.335 e. The molecule has 0 radical (unpaired) electrons. The maximum atomic E-state index is 12.8. The fourth-order valence-electron chi connectivity index (χ4n) is 2.55. The van der Waals surface area contributed by atoms with Crippen molar-refractivity contribution < 1.29 is 17.7 Å². The molecule has 142 valence electrons. The second kappa shape index (κ2) is 8.39. The number of hydrogen-bond acceptors (Lipinski definition) is 5. The Balaban J connectivity index is 0.00000243. The number of rotatable bonds is 3. The topological polar surface area (TPSA) is 54.2 Å². The van der Waals surface area contributed by atoms with Crippen molar-refractivity contribution in [1.29, 1.82) is 0 Å². The first kappa shape index (κ1) is 20.7. The second-order valence-corrected chi connectivity index (χ2v) is 6.17. The minimum Gasteiger partial charge on any atom is -0.335 e. The molecule has 10 heteroatoms. The lowest BCUT2D eigenvalue weighted by Crippen LogP contribution is -2.44. The van der Waals surface area contributed by atoms with E-state index in [2.05, 4.69) is 20.4 Å². The zero-order valence-electron chi connectivity index (χ0n) is 13.8. The molecule has 3 rings (SSSR count). The third kappa shape index (κ3) is 4.76. The van der Waals surface area contributed by atoms with Crippen LogP contribution < -0.4 is 5.32 Å². The normalized spacial score (nSPS) is 18.9. The molecule has 2 heterocycles. The van der Waals surface area contributed by atoms with Crippen LogP contribution in [0.15, 0.2) is 22.7 Å². The van der Waals surface area contributed by atoms with Crippen LogP contribution in [0.5, 0.6) is 0 Å². The van der Waals surface area contributed by atoms with Crippen LogP contribution in [0.2, 0.25) is 5.02 Å². The summed E-state index contributed by atoms with van der Waals surface area (Å²) in [5.41, 5.74) is -0.537. The van der Waals surface area contributed by atoms with Gasteiger partial charge in [0.15, 0.2) is 5.82 Å². The van der Waals surface area contributed by atoms with E-state index < -0.39 is 11.7 Å². The van der Waals surface area contributed by atoms with Crippen molar-refractivity contribution in [2.45, 2.75) is 12.2 Å². The molecule has 0 spiro atoms. The van der Waals surface area contributed by atoms with Gasteiger partial charge in [0.25, 0.3) is 5.89 Å². The van der Waals surface area contributed by atoms with E-state index in [0.29, 0.717) is 12.4 Å². The number of piperazine rings is 1. The minimum absolute atomic E-state index is 0. The van der Waals surface area contributed by atoms with E-state index in [1.165, 1.54) is 18.2 Å². The summed E-state index contributed by atoms with van der Waals surface area (Å²) in [5, 5.41) is 7.41. The van der Waals surface area contributed by atoms with Crippen molar-refractivity contribution in [2.24, 2.45) is 0 Å². The maximum absolute atomic E-state index is 12.8. The third-order valence-electron chi connectivity index (χ3n) is 4.00. The van der Waals surface area contributed by atoms with Crippen LogP contribution in [0.1, 0.15) is 28.9 Å². The summed E-state index contributed by atoms with van der Waals surface area (Å²) in [5.74, 6) is 0.743. The third-order valence-corrected chi connectivity index (χ3v) is 4.34. The molecule has 1 fully saturated rings.